The maximum Gasteiger partial charge on any atom is 0.204 e. The number of aromatic amines is 1. The normalized spacial score (nSPS) is 11.3. The molecule has 0 unspecified atom stereocenters. The van der Waals surface area contributed by atoms with Gasteiger partial charge in [-0.2, -0.15) is 0 Å². The lowest BCUT2D eigenvalue weighted by Crippen LogP contribution is -2.06. The molecule has 2 N–H and O–H groups in total. The van der Waals surface area contributed by atoms with Crippen LogP contribution in [-0.2, 0) is 13.1 Å². The molecule has 0 bridgehead atoms. The van der Waals surface area contributed by atoms with Crippen LogP contribution in [0.25, 0.3) is 22.1 Å². The Labute approximate surface area is 128 Å². The number of anilines is 1. The monoisotopic (exact) mass is 291 g/mol. The van der Waals surface area contributed by atoms with Gasteiger partial charge in [-0.25, -0.2) is 9.97 Å². The summed E-state index contributed by atoms with van der Waals surface area (Å²) in [5.41, 5.74) is 5.44. The molecule has 2 heterocycles. The molecule has 2 aromatic heterocycles. The van der Waals surface area contributed by atoms with Crippen LogP contribution in [0.4, 0.5) is 5.95 Å². The first kappa shape index (κ1) is 12.9. The van der Waals surface area contributed by atoms with E-state index in [9.17, 15) is 0 Å². The van der Waals surface area contributed by atoms with Gasteiger partial charge in [0.15, 0.2) is 0 Å². The second-order valence-corrected chi connectivity index (χ2v) is 5.28. The first-order valence-corrected chi connectivity index (χ1v) is 7.46. The van der Waals surface area contributed by atoms with E-state index >= 15 is 0 Å². The molecule has 2 aromatic carbocycles. The van der Waals surface area contributed by atoms with Crippen LogP contribution in [0.2, 0.25) is 0 Å². The van der Waals surface area contributed by atoms with E-state index in [0.717, 1.165) is 41.1 Å². The van der Waals surface area contributed by atoms with Crippen molar-refractivity contribution < 1.29 is 0 Å². The van der Waals surface area contributed by atoms with E-state index in [1.54, 1.807) is 6.33 Å². The van der Waals surface area contributed by atoms with Crippen molar-refractivity contribution in [3.05, 3.63) is 54.4 Å². The fraction of sp³-hybridized carbons (Fsp3) is 0.176. The van der Waals surface area contributed by atoms with Gasteiger partial charge in [-0.3, -0.25) is 0 Å². The molecule has 0 aliphatic carbocycles. The number of H-pyrrole nitrogens is 1. The van der Waals surface area contributed by atoms with E-state index in [1.807, 2.05) is 24.3 Å². The Hall–Kier alpha value is -2.82. The van der Waals surface area contributed by atoms with E-state index in [0.29, 0.717) is 0 Å². The van der Waals surface area contributed by atoms with Gasteiger partial charge in [0.05, 0.1) is 28.4 Å². The molecule has 0 aliphatic rings. The number of hydrogen-bond donors (Lipinski definition) is 2. The van der Waals surface area contributed by atoms with Crippen LogP contribution in [0.15, 0.2) is 48.8 Å². The lowest BCUT2D eigenvalue weighted by atomic mass is 10.2. The zero-order valence-corrected chi connectivity index (χ0v) is 12.4. The van der Waals surface area contributed by atoms with Gasteiger partial charge in [0, 0.05) is 13.1 Å². The lowest BCUT2D eigenvalue weighted by molar-refractivity contribution is 0.787. The lowest BCUT2D eigenvalue weighted by Gasteiger charge is -2.08. The van der Waals surface area contributed by atoms with Crippen molar-refractivity contribution in [3.63, 3.8) is 0 Å². The predicted molar refractivity (Wildman–Crippen MR) is 88.8 cm³/mol. The minimum atomic E-state index is 0.734. The summed E-state index contributed by atoms with van der Waals surface area (Å²) in [7, 11) is 0. The third-order valence-corrected chi connectivity index (χ3v) is 3.91. The summed E-state index contributed by atoms with van der Waals surface area (Å²) >= 11 is 0. The molecular formula is C17H17N5. The SMILES string of the molecule is CCn1c(NCc2ccc3nc[nH]c3c2)nc2ccccc21. The van der Waals surface area contributed by atoms with E-state index in [4.69, 9.17) is 0 Å². The molecule has 0 radical (unpaired) electrons. The number of hydrogen-bond acceptors (Lipinski definition) is 3. The molecule has 110 valence electrons. The fourth-order valence-corrected chi connectivity index (χ4v) is 2.80. The van der Waals surface area contributed by atoms with Crippen LogP contribution in [0.1, 0.15) is 12.5 Å². The Morgan fingerprint density at radius 3 is 2.95 bits per heavy atom. The van der Waals surface area contributed by atoms with Gasteiger partial charge in [-0.05, 0) is 36.8 Å². The van der Waals surface area contributed by atoms with Gasteiger partial charge in [0.1, 0.15) is 0 Å². The topological polar surface area (TPSA) is 58.5 Å². The number of benzene rings is 2. The Kier molecular flexibility index (Phi) is 3.04. The zero-order chi connectivity index (χ0) is 14.9. The minimum Gasteiger partial charge on any atom is -0.352 e. The maximum absolute atomic E-state index is 4.68. The van der Waals surface area contributed by atoms with E-state index in [2.05, 4.69) is 50.0 Å². The molecule has 22 heavy (non-hydrogen) atoms. The summed E-state index contributed by atoms with van der Waals surface area (Å²) in [6.07, 6.45) is 1.72. The van der Waals surface area contributed by atoms with Crippen LogP contribution in [0.3, 0.4) is 0 Å². The standard InChI is InChI=1S/C17H17N5/c1-2-22-16-6-4-3-5-14(16)21-17(22)18-10-12-7-8-13-15(9-12)20-11-19-13/h3-9,11H,2,10H2,1H3,(H,18,21)(H,19,20). The number of imidazole rings is 2. The molecule has 5 heteroatoms. The average Bonchev–Trinajstić information content (AvgIpc) is 3.15. The molecule has 0 spiro atoms. The number of aryl methyl sites for hydroxylation is 1. The molecule has 0 atom stereocenters. The van der Waals surface area contributed by atoms with Crippen molar-refractivity contribution in [3.8, 4) is 0 Å². The second kappa shape index (κ2) is 5.18. The van der Waals surface area contributed by atoms with Gasteiger partial charge >= 0.3 is 0 Å². The van der Waals surface area contributed by atoms with Crippen molar-refractivity contribution in [1.29, 1.82) is 0 Å². The smallest absolute Gasteiger partial charge is 0.204 e. The van der Waals surface area contributed by atoms with E-state index < -0.39 is 0 Å². The molecule has 4 aromatic rings. The number of para-hydroxylation sites is 2. The highest BCUT2D eigenvalue weighted by Gasteiger charge is 2.08. The van der Waals surface area contributed by atoms with Crippen LogP contribution in [0, 0.1) is 0 Å². The van der Waals surface area contributed by atoms with Crippen molar-refractivity contribution in [2.75, 3.05) is 5.32 Å². The summed E-state index contributed by atoms with van der Waals surface area (Å²) in [4.78, 5) is 12.1. The third-order valence-electron chi connectivity index (χ3n) is 3.91. The highest BCUT2D eigenvalue weighted by atomic mass is 15.2. The first-order valence-electron chi connectivity index (χ1n) is 7.46. The Morgan fingerprint density at radius 1 is 1.14 bits per heavy atom. The molecule has 0 fully saturated rings. The summed E-state index contributed by atoms with van der Waals surface area (Å²) in [6, 6.07) is 14.5. The Morgan fingerprint density at radius 2 is 2.05 bits per heavy atom. The zero-order valence-electron chi connectivity index (χ0n) is 12.4. The average molecular weight is 291 g/mol. The molecule has 5 nitrogen and oxygen atoms in total. The number of nitrogens with zero attached hydrogens (tertiary/aromatic N) is 3. The van der Waals surface area contributed by atoms with Crippen molar-refractivity contribution in [2.45, 2.75) is 20.0 Å². The summed E-state index contributed by atoms with van der Waals surface area (Å²) < 4.78 is 2.20. The largest absolute Gasteiger partial charge is 0.352 e. The number of rotatable bonds is 4. The molecular weight excluding hydrogens is 274 g/mol. The second-order valence-electron chi connectivity index (χ2n) is 5.28. The van der Waals surface area contributed by atoms with Crippen LogP contribution in [-0.4, -0.2) is 19.5 Å². The Balaban J connectivity index is 1.63. The maximum atomic E-state index is 4.68. The van der Waals surface area contributed by atoms with Crippen LogP contribution < -0.4 is 5.32 Å². The molecule has 0 aliphatic heterocycles. The highest BCUT2D eigenvalue weighted by molar-refractivity contribution is 5.78. The van der Waals surface area contributed by atoms with Crippen molar-refractivity contribution >= 4 is 28.0 Å². The first-order chi connectivity index (χ1) is 10.8. The van der Waals surface area contributed by atoms with Crippen molar-refractivity contribution in [1.82, 2.24) is 19.5 Å². The van der Waals surface area contributed by atoms with Gasteiger partial charge in [0.25, 0.3) is 0 Å². The van der Waals surface area contributed by atoms with E-state index in [-0.39, 0.29) is 0 Å². The van der Waals surface area contributed by atoms with Gasteiger partial charge in [-0.1, -0.05) is 18.2 Å². The molecule has 4 rings (SSSR count). The minimum absolute atomic E-state index is 0.734. The number of fused-ring (bicyclic) bond motifs is 2. The predicted octanol–water partition coefficient (Wildman–Crippen LogP) is 3.54. The molecule has 0 saturated carbocycles. The quantitative estimate of drug-likeness (QED) is 0.604. The number of nitrogens with one attached hydrogen (secondary N) is 2. The number of aromatic nitrogens is 4. The highest BCUT2D eigenvalue weighted by Crippen LogP contribution is 2.20. The Bertz CT molecular complexity index is 934. The molecule has 0 amide bonds. The van der Waals surface area contributed by atoms with Crippen LogP contribution >= 0.6 is 0 Å². The summed E-state index contributed by atoms with van der Waals surface area (Å²) in [5.74, 6) is 0.911. The third kappa shape index (κ3) is 2.11. The van der Waals surface area contributed by atoms with Gasteiger partial charge in [0.2, 0.25) is 5.95 Å². The summed E-state index contributed by atoms with van der Waals surface area (Å²) in [5, 5.41) is 3.44. The van der Waals surface area contributed by atoms with Gasteiger partial charge in [-0.15, -0.1) is 0 Å². The van der Waals surface area contributed by atoms with Gasteiger partial charge < -0.3 is 14.9 Å². The van der Waals surface area contributed by atoms with E-state index in [1.165, 1.54) is 5.56 Å². The van der Waals surface area contributed by atoms with Crippen molar-refractivity contribution in [2.24, 2.45) is 0 Å². The van der Waals surface area contributed by atoms with Crippen LogP contribution in [0.5, 0.6) is 0 Å². The molecule has 0 saturated heterocycles. The summed E-state index contributed by atoms with van der Waals surface area (Å²) in [6.45, 7) is 3.76. The fourth-order valence-electron chi connectivity index (χ4n) is 2.80.